The van der Waals surface area contributed by atoms with Gasteiger partial charge in [-0.15, -0.1) is 0 Å². The van der Waals surface area contributed by atoms with Gasteiger partial charge in [-0.1, -0.05) is 24.3 Å². The fourth-order valence-electron chi connectivity index (χ4n) is 2.03. The van der Waals surface area contributed by atoms with Crippen molar-refractivity contribution in [2.45, 2.75) is 6.54 Å². The molecule has 0 atom stereocenters. The molecule has 3 N–H and O–H groups in total. The van der Waals surface area contributed by atoms with Crippen LogP contribution >= 0.6 is 0 Å². The monoisotopic (exact) mass is 270 g/mol. The van der Waals surface area contributed by atoms with Crippen LogP contribution in [0, 0.1) is 0 Å². The molecule has 104 valence electrons. The van der Waals surface area contributed by atoms with Crippen LogP contribution in [0.2, 0.25) is 0 Å². The molecule has 0 saturated carbocycles. The lowest BCUT2D eigenvalue weighted by atomic mass is 10.0. The highest BCUT2D eigenvalue weighted by molar-refractivity contribution is 5.95. The van der Waals surface area contributed by atoms with Gasteiger partial charge in [-0.05, 0) is 29.3 Å². The molecule has 4 nitrogen and oxygen atoms in total. The second-order valence-electron chi connectivity index (χ2n) is 4.84. The molecule has 2 aromatic rings. The lowest BCUT2D eigenvalue weighted by Gasteiger charge is -2.12. The first-order chi connectivity index (χ1) is 9.52. The topological polar surface area (TPSA) is 66.6 Å². The largest absolute Gasteiger partial charge is 0.507 e. The lowest BCUT2D eigenvalue weighted by molar-refractivity contribution is 0.0827. The van der Waals surface area contributed by atoms with Gasteiger partial charge < -0.3 is 15.7 Å². The van der Waals surface area contributed by atoms with Gasteiger partial charge in [-0.25, -0.2) is 0 Å². The van der Waals surface area contributed by atoms with E-state index >= 15 is 0 Å². The van der Waals surface area contributed by atoms with Crippen molar-refractivity contribution in [3.8, 4) is 16.9 Å². The van der Waals surface area contributed by atoms with E-state index in [2.05, 4.69) is 0 Å². The molecule has 0 unspecified atom stereocenters. The molecule has 2 rings (SSSR count). The Labute approximate surface area is 118 Å². The minimum atomic E-state index is -0.0649. The van der Waals surface area contributed by atoms with Crippen molar-refractivity contribution in [3.63, 3.8) is 0 Å². The molecule has 0 fully saturated rings. The highest BCUT2D eigenvalue weighted by atomic mass is 16.3. The van der Waals surface area contributed by atoms with E-state index in [1.807, 2.05) is 24.3 Å². The third-order valence-electron chi connectivity index (χ3n) is 3.12. The second-order valence-corrected chi connectivity index (χ2v) is 4.84. The lowest BCUT2D eigenvalue weighted by Crippen LogP contribution is -2.21. The molecule has 0 radical (unpaired) electrons. The highest BCUT2D eigenvalue weighted by Crippen LogP contribution is 2.30. The van der Waals surface area contributed by atoms with Gasteiger partial charge in [0.05, 0.1) is 0 Å². The van der Waals surface area contributed by atoms with Gasteiger partial charge in [0.2, 0.25) is 0 Å². The van der Waals surface area contributed by atoms with Gasteiger partial charge in [-0.3, -0.25) is 4.79 Å². The minimum Gasteiger partial charge on any atom is -0.507 e. The first-order valence-electron chi connectivity index (χ1n) is 6.37. The van der Waals surface area contributed by atoms with Crippen LogP contribution in [0.25, 0.3) is 11.1 Å². The summed E-state index contributed by atoms with van der Waals surface area (Å²) in [5.41, 5.74) is 8.50. The zero-order valence-electron chi connectivity index (χ0n) is 11.6. The van der Waals surface area contributed by atoms with Crippen molar-refractivity contribution in [2.24, 2.45) is 5.73 Å². The number of aromatic hydroxyl groups is 1. The summed E-state index contributed by atoms with van der Waals surface area (Å²) < 4.78 is 0. The number of benzene rings is 2. The van der Waals surface area contributed by atoms with Crippen molar-refractivity contribution in [1.29, 1.82) is 0 Å². The van der Waals surface area contributed by atoms with E-state index in [0.717, 1.165) is 11.1 Å². The van der Waals surface area contributed by atoms with Gasteiger partial charge in [0.15, 0.2) is 0 Å². The Hall–Kier alpha value is -2.33. The van der Waals surface area contributed by atoms with E-state index < -0.39 is 0 Å². The minimum absolute atomic E-state index is 0.0649. The third-order valence-corrected chi connectivity index (χ3v) is 3.12. The zero-order valence-corrected chi connectivity index (χ0v) is 11.6. The molecular formula is C16H18N2O2. The number of nitrogens with two attached hydrogens (primary N) is 1. The van der Waals surface area contributed by atoms with Crippen LogP contribution in [0.1, 0.15) is 15.9 Å². The third kappa shape index (κ3) is 2.81. The number of carbonyl (C=O) groups is 1. The normalized spacial score (nSPS) is 10.3. The Kier molecular flexibility index (Phi) is 4.05. The first kappa shape index (κ1) is 14.1. The number of carbonyl (C=O) groups excluding carboxylic acids is 1. The van der Waals surface area contributed by atoms with Crippen LogP contribution in [0.4, 0.5) is 0 Å². The maximum atomic E-state index is 12.0. The van der Waals surface area contributed by atoms with Gasteiger partial charge in [0.25, 0.3) is 5.91 Å². The van der Waals surface area contributed by atoms with Gasteiger partial charge in [0, 0.05) is 31.8 Å². The smallest absolute Gasteiger partial charge is 0.253 e. The molecule has 20 heavy (non-hydrogen) atoms. The van der Waals surface area contributed by atoms with E-state index in [0.29, 0.717) is 17.7 Å². The Balaban J connectivity index is 2.43. The number of phenols is 1. The first-order valence-corrected chi connectivity index (χ1v) is 6.37. The standard InChI is InChI=1S/C16H18N2O2/c1-18(2)16(20)13-5-3-4-12(9-13)14-7-6-11(10-17)8-15(14)19/h3-9,19H,10,17H2,1-2H3. The van der Waals surface area contributed by atoms with Crippen molar-refractivity contribution < 1.29 is 9.90 Å². The Morgan fingerprint density at radius 2 is 1.95 bits per heavy atom. The van der Waals surface area contributed by atoms with E-state index in [1.165, 1.54) is 4.90 Å². The molecule has 2 aromatic carbocycles. The molecule has 1 amide bonds. The molecule has 0 aliphatic rings. The maximum absolute atomic E-state index is 12.0. The van der Waals surface area contributed by atoms with E-state index in [9.17, 15) is 9.90 Å². The van der Waals surface area contributed by atoms with Crippen LogP contribution in [-0.4, -0.2) is 30.0 Å². The Bertz CT molecular complexity index is 636. The quantitative estimate of drug-likeness (QED) is 0.898. The average Bonchev–Trinajstić information content (AvgIpc) is 2.46. The molecule has 0 spiro atoms. The summed E-state index contributed by atoms with van der Waals surface area (Å²) >= 11 is 0. The number of rotatable bonds is 3. The predicted molar refractivity (Wildman–Crippen MR) is 79.5 cm³/mol. The predicted octanol–water partition coefficient (Wildman–Crippen LogP) is 2.22. The summed E-state index contributed by atoms with van der Waals surface area (Å²) in [4.78, 5) is 13.5. The zero-order chi connectivity index (χ0) is 14.7. The Morgan fingerprint density at radius 3 is 2.55 bits per heavy atom. The summed E-state index contributed by atoms with van der Waals surface area (Å²) in [7, 11) is 3.42. The van der Waals surface area contributed by atoms with Crippen LogP contribution in [0.3, 0.4) is 0 Å². The molecule has 0 aliphatic carbocycles. The van der Waals surface area contributed by atoms with E-state index in [1.54, 1.807) is 32.3 Å². The Morgan fingerprint density at radius 1 is 1.20 bits per heavy atom. The summed E-state index contributed by atoms with van der Waals surface area (Å²) in [6.45, 7) is 0.382. The van der Waals surface area contributed by atoms with Crippen LogP contribution < -0.4 is 5.73 Å². The molecule has 0 aliphatic heterocycles. The van der Waals surface area contributed by atoms with Gasteiger partial charge in [-0.2, -0.15) is 0 Å². The van der Waals surface area contributed by atoms with Crippen molar-refractivity contribution in [3.05, 3.63) is 53.6 Å². The van der Waals surface area contributed by atoms with Crippen molar-refractivity contribution >= 4 is 5.91 Å². The molecule has 0 bridgehead atoms. The molecule has 4 heteroatoms. The van der Waals surface area contributed by atoms with E-state index in [-0.39, 0.29) is 11.7 Å². The number of phenolic OH excluding ortho intramolecular Hbond substituents is 1. The van der Waals surface area contributed by atoms with Crippen molar-refractivity contribution in [2.75, 3.05) is 14.1 Å². The van der Waals surface area contributed by atoms with Gasteiger partial charge in [0.1, 0.15) is 5.75 Å². The number of amides is 1. The molecular weight excluding hydrogens is 252 g/mol. The van der Waals surface area contributed by atoms with Crippen LogP contribution in [0.15, 0.2) is 42.5 Å². The molecule has 0 saturated heterocycles. The summed E-state index contributed by atoms with van der Waals surface area (Å²) in [5, 5.41) is 10.1. The van der Waals surface area contributed by atoms with Crippen LogP contribution in [-0.2, 0) is 6.54 Å². The summed E-state index contributed by atoms with van der Waals surface area (Å²) in [6.07, 6.45) is 0. The van der Waals surface area contributed by atoms with Gasteiger partial charge >= 0.3 is 0 Å². The highest BCUT2D eigenvalue weighted by Gasteiger charge is 2.11. The average molecular weight is 270 g/mol. The fraction of sp³-hybridized carbons (Fsp3) is 0.188. The number of hydrogen-bond acceptors (Lipinski definition) is 3. The molecule has 0 aromatic heterocycles. The summed E-state index contributed by atoms with van der Waals surface area (Å²) in [5.74, 6) is 0.104. The SMILES string of the molecule is CN(C)C(=O)c1cccc(-c2ccc(CN)cc2O)c1. The van der Waals surface area contributed by atoms with E-state index in [4.69, 9.17) is 5.73 Å². The molecule has 0 heterocycles. The summed E-state index contributed by atoms with van der Waals surface area (Å²) in [6, 6.07) is 12.5. The maximum Gasteiger partial charge on any atom is 0.253 e. The second kappa shape index (κ2) is 5.75. The number of hydrogen-bond donors (Lipinski definition) is 2. The van der Waals surface area contributed by atoms with Crippen molar-refractivity contribution in [1.82, 2.24) is 4.90 Å². The number of nitrogens with zero attached hydrogens (tertiary/aromatic N) is 1. The fourth-order valence-corrected chi connectivity index (χ4v) is 2.03. The van der Waals surface area contributed by atoms with Crippen LogP contribution in [0.5, 0.6) is 5.75 Å².